The topological polar surface area (TPSA) is 92.2 Å². The van der Waals surface area contributed by atoms with E-state index in [1.54, 1.807) is 0 Å². The minimum atomic E-state index is -3.53. The second kappa shape index (κ2) is 42.3. The predicted octanol–water partition coefficient (Wildman–Crippen LogP) is 6.62. The van der Waals surface area contributed by atoms with E-state index in [0.717, 1.165) is 74.4 Å². The summed E-state index contributed by atoms with van der Waals surface area (Å²) in [5, 5.41) is 0. The van der Waals surface area contributed by atoms with Gasteiger partial charge < -0.3 is 55.5 Å². The maximum atomic E-state index is 11.6. The molecule has 0 aliphatic carbocycles. The van der Waals surface area contributed by atoms with E-state index < -0.39 is 31.5 Å². The molecule has 248 valence electrons. The molecule has 0 spiro atoms. The molecule has 0 aliphatic rings. The van der Waals surface area contributed by atoms with Crippen LogP contribution in [0.5, 0.6) is 0 Å². The van der Waals surface area contributed by atoms with Crippen molar-refractivity contribution in [2.24, 2.45) is 0 Å². The van der Waals surface area contributed by atoms with Gasteiger partial charge in [-0.05, 0) is 48.7 Å². The van der Waals surface area contributed by atoms with Crippen LogP contribution < -0.4 is 19.6 Å². The van der Waals surface area contributed by atoms with Crippen LogP contribution in [0.4, 0.5) is 0 Å². The maximum absolute atomic E-state index is 11.6. The van der Waals surface area contributed by atoms with Crippen LogP contribution in [-0.4, -0.2) is 136 Å². The Kier molecular flexibility index (Phi) is 57.2. The van der Waals surface area contributed by atoms with Crippen LogP contribution in [0.1, 0.15) is 169 Å². The normalized spacial score (nSPS) is 12.7. The molecule has 43 heavy (non-hydrogen) atoms. The molecule has 13 heteroatoms. The Bertz CT molecular complexity index is 609. The molecule has 2 atom stereocenters. The van der Waals surface area contributed by atoms with Crippen molar-refractivity contribution in [1.29, 1.82) is 0 Å². The average Bonchev–Trinajstić information content (AvgIpc) is 2.88. The van der Waals surface area contributed by atoms with Crippen LogP contribution in [-0.2, 0) is 44.6 Å². The summed E-state index contributed by atoms with van der Waals surface area (Å²) in [6.07, 6.45) is 26.6. The third-order valence-electron chi connectivity index (χ3n) is 7.07. The van der Waals surface area contributed by atoms with E-state index in [1.807, 2.05) is 0 Å². The van der Waals surface area contributed by atoms with Gasteiger partial charge >= 0.3 is 113 Å². The zero-order valence-electron chi connectivity index (χ0n) is 28.7. The molecule has 0 heterocycles. The number of hydrogen-bond donors (Lipinski definition) is 0. The fraction of sp³-hybridized carbons (Fsp3) is 1.00. The molecule has 0 aromatic carbocycles. The zero-order valence-corrected chi connectivity index (χ0v) is 40.3. The molecule has 0 amide bonds. The molecule has 4 nitrogen and oxygen atoms in total. The van der Waals surface area contributed by atoms with E-state index in [4.69, 9.17) is 24.5 Å². The summed E-state index contributed by atoms with van der Waals surface area (Å²) < 4.78 is 0. The van der Waals surface area contributed by atoms with Crippen LogP contribution in [0.2, 0.25) is 0 Å². The standard InChI is InChI=1S/2C15H32O2PS2.3Ca/c2*1-3-5-7-8-9-10-11-13-15-20(18(16,17)19)14-12-6-4-2;;;/h2*3-15H2,1-2H3;;;/q2*-3;3*+2. The third-order valence-corrected chi connectivity index (χ3v) is 21.2. The molecule has 0 aromatic rings. The van der Waals surface area contributed by atoms with Gasteiger partial charge in [-0.1, -0.05) is 143 Å². The van der Waals surface area contributed by atoms with Gasteiger partial charge in [0.15, 0.2) is 0 Å². The Balaban J connectivity index is -0.000000209. The van der Waals surface area contributed by atoms with E-state index in [9.17, 15) is 19.6 Å². The Morgan fingerprint density at radius 3 is 0.721 bits per heavy atom. The molecular weight excluding hydrogens is 735 g/mol. The Labute approximate surface area is 374 Å². The molecule has 0 saturated carbocycles. The van der Waals surface area contributed by atoms with Crippen molar-refractivity contribution < 1.29 is 19.6 Å². The fourth-order valence-electron chi connectivity index (χ4n) is 4.49. The number of hydrogen-bond acceptors (Lipinski definition) is 6. The van der Waals surface area contributed by atoms with Gasteiger partial charge in [0.2, 0.25) is 0 Å². The summed E-state index contributed by atoms with van der Waals surface area (Å²) in [4.78, 5) is 46.5. The minimum absolute atomic E-state index is 0. The molecule has 0 N–H and O–H groups in total. The van der Waals surface area contributed by atoms with Gasteiger partial charge in [0.25, 0.3) is 0 Å². The van der Waals surface area contributed by atoms with Crippen LogP contribution in [0.3, 0.4) is 0 Å². The Hall–Kier alpha value is 5.88. The smallest absolute Gasteiger partial charge is 0.854 e. The molecular formula is C30H64Ca3O4P2S4. The first kappa shape index (κ1) is 58.2. The summed E-state index contributed by atoms with van der Waals surface area (Å²) in [6.45, 7) is 8.74. The molecule has 2 unspecified atom stereocenters. The SMILES string of the molecule is CCCCCCCCCCS(CCCCC)=P([O-])([O-])[S-].CCCCCCCCCCS(CCCCC)=P([O-])([O-])[S-].[Ca+2].[Ca+2].[Ca+2]. The van der Waals surface area contributed by atoms with E-state index >= 15 is 0 Å². The first-order valence-corrected chi connectivity index (χ1v) is 26.1. The quantitative estimate of drug-likeness (QED) is 0.0423. The second-order valence-electron chi connectivity index (χ2n) is 11.0. The van der Waals surface area contributed by atoms with Gasteiger partial charge in [-0.2, -0.15) is 0 Å². The monoisotopic (exact) mass is 798 g/mol. The van der Waals surface area contributed by atoms with Crippen LogP contribution >= 0.6 is 11.4 Å². The summed E-state index contributed by atoms with van der Waals surface area (Å²) >= 11 is 9.43. The fourth-order valence-corrected chi connectivity index (χ4v) is 14.9. The van der Waals surface area contributed by atoms with Crippen molar-refractivity contribution in [3.05, 3.63) is 0 Å². The van der Waals surface area contributed by atoms with E-state index in [1.165, 1.54) is 89.9 Å². The van der Waals surface area contributed by atoms with Gasteiger partial charge in [-0.25, -0.2) is 20.1 Å². The van der Waals surface area contributed by atoms with Gasteiger partial charge in [-0.15, -0.1) is 0 Å². The summed E-state index contributed by atoms with van der Waals surface area (Å²) in [5.41, 5.74) is -7.05. The van der Waals surface area contributed by atoms with Crippen molar-refractivity contribution >= 4 is 169 Å². The minimum Gasteiger partial charge on any atom is -0.854 e. The Morgan fingerprint density at radius 1 is 0.349 bits per heavy atom. The third kappa shape index (κ3) is 44.0. The van der Waals surface area contributed by atoms with Crippen LogP contribution in [0.15, 0.2) is 0 Å². The maximum Gasteiger partial charge on any atom is 2.00 e. The van der Waals surface area contributed by atoms with Crippen molar-refractivity contribution in [3.8, 4) is 0 Å². The molecule has 0 bridgehead atoms. The summed E-state index contributed by atoms with van der Waals surface area (Å²) in [7, 11) is -1.08. The number of rotatable bonds is 26. The van der Waals surface area contributed by atoms with E-state index in [2.05, 4.69) is 27.7 Å². The Morgan fingerprint density at radius 2 is 0.512 bits per heavy atom. The summed E-state index contributed by atoms with van der Waals surface area (Å²) in [5.74, 6) is 3.22. The average molecular weight is 799 g/mol. The van der Waals surface area contributed by atoms with Crippen molar-refractivity contribution in [2.45, 2.75) is 169 Å². The zero-order chi connectivity index (χ0) is 30.5. The van der Waals surface area contributed by atoms with Gasteiger partial charge in [0.05, 0.1) is 0 Å². The molecule has 0 aromatic heterocycles. The van der Waals surface area contributed by atoms with E-state index in [-0.39, 0.29) is 113 Å². The molecule has 0 rings (SSSR count). The van der Waals surface area contributed by atoms with Crippen molar-refractivity contribution in [3.63, 3.8) is 0 Å². The van der Waals surface area contributed by atoms with Crippen LogP contribution in [0.25, 0.3) is 0 Å². The number of unbranched alkanes of at least 4 members (excludes halogenated alkanes) is 18. The molecule has 0 saturated heterocycles. The summed E-state index contributed by atoms with van der Waals surface area (Å²) in [6, 6.07) is 0. The van der Waals surface area contributed by atoms with Gasteiger partial charge in [0, 0.05) is 0 Å². The second-order valence-corrected chi connectivity index (χ2v) is 26.5. The first-order chi connectivity index (χ1) is 19.0. The largest absolute Gasteiger partial charge is 2.00 e. The van der Waals surface area contributed by atoms with Crippen molar-refractivity contribution in [2.75, 3.05) is 23.0 Å². The molecule has 0 fully saturated rings. The van der Waals surface area contributed by atoms with Gasteiger partial charge in [-0.3, -0.25) is 0 Å². The van der Waals surface area contributed by atoms with Crippen molar-refractivity contribution in [1.82, 2.24) is 0 Å². The first-order valence-electron chi connectivity index (χ1n) is 16.4. The predicted molar refractivity (Wildman–Crippen MR) is 204 cm³/mol. The van der Waals surface area contributed by atoms with Gasteiger partial charge in [0.1, 0.15) is 0 Å². The van der Waals surface area contributed by atoms with Crippen LogP contribution in [0, 0.1) is 0 Å². The van der Waals surface area contributed by atoms with E-state index in [0.29, 0.717) is 0 Å². The molecule has 0 radical (unpaired) electrons. The molecule has 0 aliphatic heterocycles.